The van der Waals surface area contributed by atoms with Crippen LogP contribution in [0.2, 0.25) is 0 Å². The lowest BCUT2D eigenvalue weighted by Gasteiger charge is -2.27. The van der Waals surface area contributed by atoms with Crippen molar-refractivity contribution < 1.29 is 9.53 Å². The second-order valence-corrected chi connectivity index (χ2v) is 7.45. The maximum Gasteiger partial charge on any atom is 0.254 e. The van der Waals surface area contributed by atoms with Gasteiger partial charge in [0.05, 0.1) is 19.3 Å². The van der Waals surface area contributed by atoms with Crippen molar-refractivity contribution in [2.45, 2.75) is 24.5 Å². The molecule has 2 aliphatic rings. The number of aromatic nitrogens is 4. The van der Waals surface area contributed by atoms with Gasteiger partial charge in [0.1, 0.15) is 18.0 Å². The highest BCUT2D eigenvalue weighted by atomic mass is 32.2. The van der Waals surface area contributed by atoms with E-state index < -0.39 is 0 Å². The van der Waals surface area contributed by atoms with E-state index in [0.717, 1.165) is 18.9 Å². The van der Waals surface area contributed by atoms with Crippen LogP contribution < -0.4 is 15.8 Å². The Morgan fingerprint density at radius 3 is 2.96 bits per heavy atom. The second kappa shape index (κ2) is 7.65. The van der Waals surface area contributed by atoms with E-state index in [1.54, 1.807) is 17.6 Å². The highest BCUT2D eigenvalue weighted by molar-refractivity contribution is 7.99. The molecule has 2 aromatic rings. The summed E-state index contributed by atoms with van der Waals surface area (Å²) in [4.78, 5) is 39.6. The Labute approximate surface area is 160 Å². The Morgan fingerprint density at radius 2 is 2.15 bits per heavy atom. The lowest BCUT2D eigenvalue weighted by molar-refractivity contribution is -0.116. The normalized spacial score (nSPS) is 19.0. The first kappa shape index (κ1) is 17.9. The average molecular weight is 388 g/mol. The first-order chi connectivity index (χ1) is 13.1. The monoisotopic (exact) mass is 388 g/mol. The number of morpholine rings is 1. The van der Waals surface area contributed by atoms with Crippen LogP contribution in [0.4, 0.5) is 11.6 Å². The summed E-state index contributed by atoms with van der Waals surface area (Å²) in [7, 11) is 0. The Morgan fingerprint density at radius 1 is 1.33 bits per heavy atom. The Bertz CT molecular complexity index is 912. The topological polar surface area (TPSA) is 102 Å². The van der Waals surface area contributed by atoms with Crippen LogP contribution in [-0.4, -0.2) is 57.5 Å². The summed E-state index contributed by atoms with van der Waals surface area (Å²) in [5.74, 6) is 1.69. The van der Waals surface area contributed by atoms with Gasteiger partial charge in [-0.3, -0.25) is 14.2 Å². The number of amides is 1. The van der Waals surface area contributed by atoms with Gasteiger partial charge in [0.25, 0.3) is 5.56 Å². The molecule has 0 aliphatic carbocycles. The molecule has 1 fully saturated rings. The number of carbonyl (C=O) groups excluding carboxylic acids is 1. The number of ether oxygens (including phenoxy) is 1. The molecular formula is C17H20N6O3S. The lowest BCUT2D eigenvalue weighted by atomic mass is 10.2. The highest BCUT2D eigenvalue weighted by Crippen LogP contribution is 2.32. The number of nitrogens with one attached hydrogen (secondary N) is 1. The number of fused-ring (bicyclic) bond motifs is 1. The quantitative estimate of drug-likeness (QED) is 0.770. The molecule has 0 saturated carbocycles. The lowest BCUT2D eigenvalue weighted by Crippen LogP contribution is -2.36. The van der Waals surface area contributed by atoms with E-state index in [9.17, 15) is 9.59 Å². The number of rotatable bonds is 4. The van der Waals surface area contributed by atoms with E-state index in [2.05, 4.69) is 25.2 Å². The standard InChI is InChI=1S/C17H20N6O3S/c1-11-6-16(25)23-12(9-27-17(23)20-11)7-15(24)21-13-8-14(19-10-18-13)22-2-4-26-5-3-22/h6,8,10,12H,2-5,7,9H2,1H3,(H,18,19,21,24)/t12-/m0/s1. The van der Waals surface area contributed by atoms with E-state index in [1.165, 1.54) is 24.2 Å². The third-order valence-corrected chi connectivity index (χ3v) is 5.59. The zero-order chi connectivity index (χ0) is 18.8. The van der Waals surface area contributed by atoms with Crippen LogP contribution in [0.15, 0.2) is 28.4 Å². The SMILES string of the molecule is Cc1cc(=O)n2c(n1)SC[C@@H]2CC(=O)Nc1cc(N2CCOCC2)ncn1. The maximum absolute atomic E-state index is 12.5. The minimum absolute atomic E-state index is 0.114. The number of thioether (sulfide) groups is 1. The summed E-state index contributed by atoms with van der Waals surface area (Å²) in [6.45, 7) is 4.63. The zero-order valence-corrected chi connectivity index (χ0v) is 15.7. The van der Waals surface area contributed by atoms with Gasteiger partial charge in [-0.25, -0.2) is 15.0 Å². The molecule has 0 aromatic carbocycles. The molecule has 1 atom stereocenters. The summed E-state index contributed by atoms with van der Waals surface area (Å²) >= 11 is 1.50. The molecule has 1 saturated heterocycles. The van der Waals surface area contributed by atoms with Crippen LogP contribution in [0.5, 0.6) is 0 Å². The first-order valence-electron chi connectivity index (χ1n) is 8.78. The van der Waals surface area contributed by atoms with E-state index >= 15 is 0 Å². The third-order valence-electron chi connectivity index (χ3n) is 4.49. The predicted molar refractivity (Wildman–Crippen MR) is 101 cm³/mol. The van der Waals surface area contributed by atoms with E-state index in [4.69, 9.17) is 4.74 Å². The Kier molecular flexibility index (Phi) is 5.08. The smallest absolute Gasteiger partial charge is 0.254 e. The molecule has 4 rings (SSSR count). The largest absolute Gasteiger partial charge is 0.378 e. The van der Waals surface area contributed by atoms with Crippen molar-refractivity contribution in [1.29, 1.82) is 0 Å². The molecule has 9 nitrogen and oxygen atoms in total. The van der Waals surface area contributed by atoms with Gasteiger partial charge in [0, 0.05) is 43.1 Å². The molecule has 1 N–H and O–H groups in total. The fraction of sp³-hybridized carbons (Fsp3) is 0.471. The number of carbonyl (C=O) groups is 1. The van der Waals surface area contributed by atoms with Crippen molar-refractivity contribution in [3.05, 3.63) is 34.5 Å². The molecule has 0 radical (unpaired) electrons. The first-order valence-corrected chi connectivity index (χ1v) is 9.76. The molecule has 4 heterocycles. The van der Waals surface area contributed by atoms with Crippen LogP contribution >= 0.6 is 11.8 Å². The van der Waals surface area contributed by atoms with Crippen molar-refractivity contribution in [3.8, 4) is 0 Å². The predicted octanol–water partition coefficient (Wildman–Crippen LogP) is 0.854. The van der Waals surface area contributed by atoms with Gasteiger partial charge >= 0.3 is 0 Å². The summed E-state index contributed by atoms with van der Waals surface area (Å²) < 4.78 is 6.95. The molecular weight excluding hydrogens is 368 g/mol. The summed E-state index contributed by atoms with van der Waals surface area (Å²) in [6, 6.07) is 3.06. The van der Waals surface area contributed by atoms with Crippen molar-refractivity contribution in [1.82, 2.24) is 19.5 Å². The second-order valence-electron chi connectivity index (χ2n) is 6.47. The molecule has 2 aromatic heterocycles. The van der Waals surface area contributed by atoms with Gasteiger partial charge in [0.2, 0.25) is 5.91 Å². The molecule has 142 valence electrons. The van der Waals surface area contributed by atoms with Crippen molar-refractivity contribution in [2.24, 2.45) is 0 Å². The molecule has 0 spiro atoms. The van der Waals surface area contributed by atoms with E-state index in [-0.39, 0.29) is 23.9 Å². The van der Waals surface area contributed by atoms with Gasteiger partial charge in [-0.2, -0.15) is 0 Å². The van der Waals surface area contributed by atoms with Gasteiger partial charge in [-0.1, -0.05) is 11.8 Å². The minimum Gasteiger partial charge on any atom is -0.378 e. The van der Waals surface area contributed by atoms with Gasteiger partial charge in [0.15, 0.2) is 5.16 Å². The summed E-state index contributed by atoms with van der Waals surface area (Å²) in [6.07, 6.45) is 1.64. The summed E-state index contributed by atoms with van der Waals surface area (Å²) in [5, 5.41) is 3.49. The molecule has 1 amide bonds. The Hall–Kier alpha value is -2.46. The number of hydrogen-bond acceptors (Lipinski definition) is 8. The van der Waals surface area contributed by atoms with Crippen molar-refractivity contribution in [2.75, 3.05) is 42.3 Å². The van der Waals surface area contributed by atoms with Crippen molar-refractivity contribution in [3.63, 3.8) is 0 Å². The number of nitrogens with zero attached hydrogens (tertiary/aromatic N) is 5. The van der Waals surface area contributed by atoms with E-state index in [0.29, 0.717) is 35.6 Å². The van der Waals surface area contributed by atoms with Gasteiger partial charge in [-0.15, -0.1) is 0 Å². The van der Waals surface area contributed by atoms with E-state index in [1.807, 2.05) is 0 Å². The molecule has 2 aliphatic heterocycles. The van der Waals surface area contributed by atoms with Crippen LogP contribution in [0.25, 0.3) is 0 Å². The molecule has 27 heavy (non-hydrogen) atoms. The fourth-order valence-electron chi connectivity index (χ4n) is 3.20. The van der Waals surface area contributed by atoms with Crippen molar-refractivity contribution >= 4 is 29.3 Å². The fourth-order valence-corrected chi connectivity index (χ4v) is 4.40. The highest BCUT2D eigenvalue weighted by Gasteiger charge is 2.27. The van der Waals surface area contributed by atoms with Crippen LogP contribution in [-0.2, 0) is 9.53 Å². The third kappa shape index (κ3) is 3.96. The Balaban J connectivity index is 1.43. The van der Waals surface area contributed by atoms with Gasteiger partial charge in [-0.05, 0) is 6.92 Å². The molecule has 0 bridgehead atoms. The van der Waals surface area contributed by atoms with Crippen LogP contribution in [0.3, 0.4) is 0 Å². The minimum atomic E-state index is -0.203. The number of hydrogen-bond donors (Lipinski definition) is 1. The van der Waals surface area contributed by atoms with Gasteiger partial charge < -0.3 is 15.0 Å². The average Bonchev–Trinajstić information content (AvgIpc) is 3.05. The maximum atomic E-state index is 12.5. The molecule has 10 heteroatoms. The zero-order valence-electron chi connectivity index (χ0n) is 14.9. The number of anilines is 2. The van der Waals surface area contributed by atoms with Crippen LogP contribution in [0.1, 0.15) is 18.2 Å². The summed E-state index contributed by atoms with van der Waals surface area (Å²) in [5.41, 5.74) is 0.581. The van der Waals surface area contributed by atoms with Crippen LogP contribution in [0, 0.1) is 6.92 Å². The molecule has 0 unspecified atom stereocenters. The number of aryl methyl sites for hydroxylation is 1.